The van der Waals surface area contributed by atoms with Gasteiger partial charge in [-0.15, -0.1) is 11.3 Å². The summed E-state index contributed by atoms with van der Waals surface area (Å²) in [5, 5.41) is 0. The molecular formula is C32H43NO3S2Si. The Labute approximate surface area is 242 Å². The first kappa shape index (κ1) is 27.9. The molecule has 3 fully saturated rings. The van der Waals surface area contributed by atoms with Gasteiger partial charge in [-0.25, -0.2) is 4.98 Å². The van der Waals surface area contributed by atoms with Gasteiger partial charge in [0, 0.05) is 11.8 Å². The Morgan fingerprint density at radius 2 is 1.92 bits per heavy atom. The highest BCUT2D eigenvalue weighted by atomic mass is 32.2. The van der Waals surface area contributed by atoms with Crippen LogP contribution in [0.1, 0.15) is 65.7 Å². The van der Waals surface area contributed by atoms with Crippen LogP contribution in [0.3, 0.4) is 0 Å². The molecular weight excluding hydrogens is 539 g/mol. The van der Waals surface area contributed by atoms with Crippen LogP contribution in [0.25, 0.3) is 10.2 Å². The van der Waals surface area contributed by atoms with E-state index in [9.17, 15) is 9.59 Å². The lowest BCUT2D eigenvalue weighted by atomic mass is 9.43. The van der Waals surface area contributed by atoms with Gasteiger partial charge in [0.15, 0.2) is 24.2 Å². The molecule has 1 aromatic carbocycles. The Morgan fingerprint density at radius 3 is 2.67 bits per heavy atom. The van der Waals surface area contributed by atoms with Crippen LogP contribution in [0, 0.1) is 34.5 Å². The fourth-order valence-electron chi connectivity index (χ4n) is 9.61. The van der Waals surface area contributed by atoms with Crippen LogP contribution in [0.2, 0.25) is 19.6 Å². The molecule has 0 spiro atoms. The van der Waals surface area contributed by atoms with Gasteiger partial charge < -0.3 is 4.43 Å². The predicted octanol–water partition coefficient (Wildman–Crippen LogP) is 8.33. The van der Waals surface area contributed by atoms with Crippen LogP contribution in [0.5, 0.6) is 0 Å². The predicted molar refractivity (Wildman–Crippen MR) is 164 cm³/mol. The number of aromatic nitrogens is 1. The zero-order valence-corrected chi connectivity index (χ0v) is 27.0. The van der Waals surface area contributed by atoms with Crippen molar-refractivity contribution in [2.75, 3.05) is 5.75 Å². The zero-order chi connectivity index (χ0) is 27.8. The number of thioether (sulfide) groups is 1. The minimum Gasteiger partial charge on any atom is -0.405 e. The Kier molecular flexibility index (Phi) is 6.89. The van der Waals surface area contributed by atoms with E-state index in [-0.39, 0.29) is 16.6 Å². The molecule has 3 saturated carbocycles. The Morgan fingerprint density at radius 1 is 1.15 bits per heavy atom. The van der Waals surface area contributed by atoms with Crippen molar-refractivity contribution < 1.29 is 14.0 Å². The quantitative estimate of drug-likeness (QED) is 0.254. The smallest absolute Gasteiger partial charge is 0.185 e. The average molecular weight is 582 g/mol. The largest absolute Gasteiger partial charge is 0.405 e. The summed E-state index contributed by atoms with van der Waals surface area (Å²) in [6.45, 7) is 14.0. The number of hydrogen-bond acceptors (Lipinski definition) is 6. The van der Waals surface area contributed by atoms with Crippen molar-refractivity contribution in [1.29, 1.82) is 0 Å². The lowest BCUT2D eigenvalue weighted by Gasteiger charge is -2.62. The van der Waals surface area contributed by atoms with Crippen molar-refractivity contribution in [3.05, 3.63) is 35.9 Å². The molecule has 0 radical (unpaired) electrons. The number of ketones is 2. The maximum absolute atomic E-state index is 14.5. The fraction of sp³-hybridized carbons (Fsp3) is 0.656. The van der Waals surface area contributed by atoms with Crippen LogP contribution < -0.4 is 0 Å². The highest BCUT2D eigenvalue weighted by Gasteiger charge is 2.69. The zero-order valence-electron chi connectivity index (χ0n) is 24.3. The number of para-hydroxylation sites is 1. The lowest BCUT2D eigenvalue weighted by molar-refractivity contribution is -0.162. The second-order valence-corrected chi connectivity index (χ2v) is 20.9. The summed E-state index contributed by atoms with van der Waals surface area (Å²) in [5.41, 5.74) is 1.65. The molecule has 7 atom stereocenters. The van der Waals surface area contributed by atoms with Crippen molar-refractivity contribution in [3.63, 3.8) is 0 Å². The molecule has 1 heterocycles. The maximum Gasteiger partial charge on any atom is 0.185 e. The van der Waals surface area contributed by atoms with E-state index >= 15 is 0 Å². The molecule has 2 aromatic rings. The van der Waals surface area contributed by atoms with E-state index in [0.29, 0.717) is 41.6 Å². The van der Waals surface area contributed by atoms with E-state index < -0.39 is 13.9 Å². The number of Topliss-reactive ketones (excluding diaryl/α,β-unsaturated/α-hetero) is 1. The number of carbonyl (C=O) groups excluding carboxylic acids is 2. The topological polar surface area (TPSA) is 56.3 Å². The number of carbonyl (C=O) groups is 2. The highest BCUT2D eigenvalue weighted by Crippen LogP contribution is 2.70. The molecule has 39 heavy (non-hydrogen) atoms. The van der Waals surface area contributed by atoms with E-state index in [1.165, 1.54) is 10.3 Å². The summed E-state index contributed by atoms with van der Waals surface area (Å²) in [5.74, 6) is 3.16. The van der Waals surface area contributed by atoms with E-state index in [1.807, 2.05) is 24.3 Å². The number of thiazole rings is 1. The Bertz CT molecular complexity index is 1310. The first-order valence-corrected chi connectivity index (χ1v) is 20.0. The molecule has 0 aliphatic heterocycles. The second kappa shape index (κ2) is 9.64. The van der Waals surface area contributed by atoms with Crippen molar-refractivity contribution >= 4 is 53.2 Å². The van der Waals surface area contributed by atoms with E-state index in [2.05, 4.69) is 46.5 Å². The molecule has 0 bridgehead atoms. The van der Waals surface area contributed by atoms with E-state index in [4.69, 9.17) is 9.41 Å². The number of fused-ring (bicyclic) bond motifs is 6. The molecule has 6 rings (SSSR count). The molecule has 4 aliphatic carbocycles. The van der Waals surface area contributed by atoms with Gasteiger partial charge in [-0.3, -0.25) is 9.59 Å². The summed E-state index contributed by atoms with van der Waals surface area (Å²) in [4.78, 5) is 31.6. The monoisotopic (exact) mass is 581 g/mol. The maximum atomic E-state index is 14.5. The summed E-state index contributed by atoms with van der Waals surface area (Å²) in [7, 11) is -2.02. The summed E-state index contributed by atoms with van der Waals surface area (Å²) in [6, 6.07) is 8.21. The molecule has 0 saturated heterocycles. The third-order valence-electron chi connectivity index (χ3n) is 10.9. The van der Waals surface area contributed by atoms with Crippen LogP contribution >= 0.6 is 23.1 Å². The molecule has 4 aliphatic rings. The second-order valence-electron chi connectivity index (χ2n) is 14.2. The normalized spacial score (nSPS) is 38.2. The molecule has 7 heteroatoms. The minimum absolute atomic E-state index is 0.120. The number of hydrogen-bond donors (Lipinski definition) is 0. The van der Waals surface area contributed by atoms with Gasteiger partial charge in [0.2, 0.25) is 0 Å². The number of nitrogens with zero attached hydrogens (tertiary/aromatic N) is 1. The first-order valence-electron chi connectivity index (χ1n) is 14.8. The number of rotatable bonds is 6. The van der Waals surface area contributed by atoms with Gasteiger partial charge in [-0.2, -0.15) is 0 Å². The first-order chi connectivity index (χ1) is 18.4. The van der Waals surface area contributed by atoms with Gasteiger partial charge in [-0.05, 0) is 105 Å². The molecule has 1 aromatic heterocycles. The Hall–Kier alpha value is -1.28. The van der Waals surface area contributed by atoms with Gasteiger partial charge in [-0.1, -0.05) is 50.2 Å². The van der Waals surface area contributed by atoms with Crippen molar-refractivity contribution in [2.24, 2.45) is 34.5 Å². The third-order valence-corrected chi connectivity index (χ3v) is 14.0. The molecule has 4 nitrogen and oxygen atoms in total. The molecule has 0 N–H and O–H groups in total. The third kappa shape index (κ3) is 4.45. The van der Waals surface area contributed by atoms with Crippen molar-refractivity contribution in [3.8, 4) is 0 Å². The van der Waals surface area contributed by atoms with Crippen LogP contribution in [0.15, 0.2) is 40.3 Å². The molecule has 0 amide bonds. The summed E-state index contributed by atoms with van der Waals surface area (Å²) < 4.78 is 9.28. The number of benzene rings is 1. The number of allylic oxidation sites excluding steroid dienone is 1. The van der Waals surface area contributed by atoms with E-state index in [0.717, 1.165) is 48.4 Å². The van der Waals surface area contributed by atoms with Crippen LogP contribution in [0.4, 0.5) is 0 Å². The minimum atomic E-state index is -2.02. The van der Waals surface area contributed by atoms with Crippen LogP contribution in [-0.2, 0) is 14.0 Å². The van der Waals surface area contributed by atoms with Crippen molar-refractivity contribution in [1.82, 2.24) is 4.98 Å². The average Bonchev–Trinajstić information content (AvgIpc) is 3.40. The van der Waals surface area contributed by atoms with Gasteiger partial charge in [0.1, 0.15) is 5.60 Å². The van der Waals surface area contributed by atoms with Gasteiger partial charge >= 0.3 is 0 Å². The Balaban J connectivity index is 1.32. The standard InChI is InChI=1S/C32H43NO3S2Si/c1-20-18-31(3)24(23-12-11-21-17-22(34)13-15-30(21,2)28(20)23)14-16-32(31,36-39(4,5)6)27(35)19-37-29-33-25-9-7-8-10-26(25)38-29/h7-10,17,20,23-24,28H,11-16,18-19H2,1-6H3/t20-,23?,24?,28?,30?,31?,32-/m0/s1. The fourth-order valence-corrected chi connectivity index (χ4v) is 13.1. The van der Waals surface area contributed by atoms with Gasteiger partial charge in [0.25, 0.3) is 0 Å². The molecule has 210 valence electrons. The SMILES string of the molecule is C[C@H]1CC2(C)C(CC[C@]2(O[Si](C)(C)C)C(=O)CSc2nc3ccccc3s2)C2CCC3=CC(=O)CCC3(C)C21. The molecule has 5 unspecified atom stereocenters. The lowest BCUT2D eigenvalue weighted by Crippen LogP contribution is -2.63. The summed E-state index contributed by atoms with van der Waals surface area (Å²) in [6.07, 6.45) is 8.77. The highest BCUT2D eigenvalue weighted by molar-refractivity contribution is 8.01. The van der Waals surface area contributed by atoms with Gasteiger partial charge in [0.05, 0.1) is 16.0 Å². The van der Waals surface area contributed by atoms with Crippen molar-refractivity contribution in [2.45, 2.75) is 95.3 Å². The summed E-state index contributed by atoms with van der Waals surface area (Å²) >= 11 is 3.28. The van der Waals surface area contributed by atoms with E-state index in [1.54, 1.807) is 23.1 Å². The van der Waals surface area contributed by atoms with Crippen LogP contribution in [-0.4, -0.2) is 36.2 Å².